The maximum atomic E-state index is 12.6. The maximum Gasteiger partial charge on any atom is 0.324 e. The molecular formula is C21H24N4O5. The summed E-state index contributed by atoms with van der Waals surface area (Å²) in [4.78, 5) is 42.2. The van der Waals surface area contributed by atoms with Crippen LogP contribution in [0.25, 0.3) is 0 Å². The number of pyridine rings is 1. The van der Waals surface area contributed by atoms with Gasteiger partial charge in [0.25, 0.3) is 5.91 Å². The van der Waals surface area contributed by atoms with Gasteiger partial charge in [-0.3, -0.25) is 19.5 Å². The molecule has 1 atom stereocenters. The molecule has 1 aliphatic heterocycles. The minimum Gasteiger partial charge on any atom is -0.493 e. The van der Waals surface area contributed by atoms with Crippen LogP contribution >= 0.6 is 0 Å². The van der Waals surface area contributed by atoms with Crippen LogP contribution in [0.1, 0.15) is 17.7 Å². The van der Waals surface area contributed by atoms with Crippen molar-refractivity contribution in [2.24, 2.45) is 0 Å². The minimum atomic E-state index is -0.869. The van der Waals surface area contributed by atoms with E-state index in [1.807, 2.05) is 12.1 Å². The summed E-state index contributed by atoms with van der Waals surface area (Å²) in [5, 5.41) is 5.28. The number of methoxy groups -OCH3 is 2. The smallest absolute Gasteiger partial charge is 0.324 e. The fourth-order valence-corrected chi connectivity index (χ4v) is 3.15. The van der Waals surface area contributed by atoms with Crippen LogP contribution in [-0.2, 0) is 22.6 Å². The van der Waals surface area contributed by atoms with Crippen molar-refractivity contribution in [3.8, 4) is 11.5 Å². The van der Waals surface area contributed by atoms with E-state index in [0.717, 1.165) is 10.5 Å². The molecule has 0 unspecified atom stereocenters. The Kier molecular flexibility index (Phi) is 6.84. The van der Waals surface area contributed by atoms with E-state index in [2.05, 4.69) is 15.6 Å². The molecule has 30 heavy (non-hydrogen) atoms. The summed E-state index contributed by atoms with van der Waals surface area (Å²) in [5.41, 5.74) is 1.61. The van der Waals surface area contributed by atoms with Gasteiger partial charge < -0.3 is 20.1 Å². The number of benzene rings is 1. The first-order valence-electron chi connectivity index (χ1n) is 9.51. The van der Waals surface area contributed by atoms with Gasteiger partial charge in [-0.2, -0.15) is 0 Å². The Balaban J connectivity index is 1.52. The van der Waals surface area contributed by atoms with Crippen molar-refractivity contribution in [1.29, 1.82) is 0 Å². The lowest BCUT2D eigenvalue weighted by Crippen LogP contribution is -2.36. The fraction of sp³-hybridized carbons (Fsp3) is 0.333. The lowest BCUT2D eigenvalue weighted by atomic mass is 10.1. The zero-order valence-corrected chi connectivity index (χ0v) is 16.9. The number of carbonyl (C=O) groups excluding carboxylic acids is 3. The van der Waals surface area contributed by atoms with Crippen LogP contribution in [0.3, 0.4) is 0 Å². The number of rotatable bonds is 9. The second kappa shape index (κ2) is 9.73. The highest BCUT2D eigenvalue weighted by Gasteiger charge is 2.38. The van der Waals surface area contributed by atoms with Crippen LogP contribution in [0.2, 0.25) is 0 Å². The summed E-state index contributed by atoms with van der Waals surface area (Å²) >= 11 is 0. The monoisotopic (exact) mass is 412 g/mol. The van der Waals surface area contributed by atoms with Crippen LogP contribution in [0, 0.1) is 0 Å². The molecule has 2 N–H and O–H groups in total. The van der Waals surface area contributed by atoms with Gasteiger partial charge in [-0.15, -0.1) is 0 Å². The maximum absolute atomic E-state index is 12.6. The molecule has 1 aliphatic rings. The van der Waals surface area contributed by atoms with E-state index in [9.17, 15) is 14.4 Å². The van der Waals surface area contributed by atoms with E-state index < -0.39 is 18.0 Å². The molecule has 2 heterocycles. The third kappa shape index (κ3) is 5.05. The molecule has 9 nitrogen and oxygen atoms in total. The summed E-state index contributed by atoms with van der Waals surface area (Å²) in [6, 6.07) is 9.46. The Morgan fingerprint density at radius 2 is 1.97 bits per heavy atom. The standard InChI is InChI=1S/C21H24N4O5/c1-29-17-7-6-14(11-18(17)30-2)8-10-25-20(27)16(24-21(25)28)12-19(26)23-13-15-5-3-4-9-22-15/h3-7,9,11,16H,8,10,12-13H2,1-2H3,(H,23,26)(H,24,28)/t16-/m1/s1. The molecule has 1 aromatic carbocycles. The van der Waals surface area contributed by atoms with Gasteiger partial charge in [0.1, 0.15) is 6.04 Å². The Morgan fingerprint density at radius 1 is 1.17 bits per heavy atom. The van der Waals surface area contributed by atoms with Gasteiger partial charge >= 0.3 is 6.03 Å². The predicted octanol–water partition coefficient (Wildman–Crippen LogP) is 1.27. The highest BCUT2D eigenvalue weighted by molar-refractivity contribution is 6.05. The Labute approximate surface area is 174 Å². The second-order valence-electron chi connectivity index (χ2n) is 6.73. The summed E-state index contributed by atoms with van der Waals surface area (Å²) in [6.07, 6.45) is 1.97. The first kappa shape index (κ1) is 21.1. The number of nitrogens with zero attached hydrogens (tertiary/aromatic N) is 2. The molecule has 0 aliphatic carbocycles. The molecule has 1 aromatic heterocycles. The number of ether oxygens (including phenoxy) is 2. The molecule has 4 amide bonds. The lowest BCUT2D eigenvalue weighted by molar-refractivity contribution is -0.130. The van der Waals surface area contributed by atoms with Crippen molar-refractivity contribution in [3.05, 3.63) is 53.9 Å². The quantitative estimate of drug-likeness (QED) is 0.600. The molecule has 3 rings (SSSR count). The number of hydrogen-bond donors (Lipinski definition) is 2. The van der Waals surface area contributed by atoms with Gasteiger partial charge in [0.15, 0.2) is 11.5 Å². The second-order valence-corrected chi connectivity index (χ2v) is 6.73. The zero-order chi connectivity index (χ0) is 21.5. The minimum absolute atomic E-state index is 0.121. The first-order chi connectivity index (χ1) is 14.5. The molecule has 0 saturated carbocycles. The number of imide groups is 1. The van der Waals surface area contributed by atoms with Gasteiger partial charge in [0, 0.05) is 12.7 Å². The summed E-state index contributed by atoms with van der Waals surface area (Å²) in [7, 11) is 3.10. The van der Waals surface area contributed by atoms with Crippen molar-refractivity contribution in [2.45, 2.75) is 25.4 Å². The largest absolute Gasteiger partial charge is 0.493 e. The Hall–Kier alpha value is -3.62. The molecule has 2 aromatic rings. The molecule has 0 spiro atoms. The van der Waals surface area contributed by atoms with Gasteiger partial charge in [-0.25, -0.2) is 4.79 Å². The van der Waals surface area contributed by atoms with Crippen LogP contribution in [0.5, 0.6) is 11.5 Å². The highest BCUT2D eigenvalue weighted by atomic mass is 16.5. The Bertz CT molecular complexity index is 919. The molecule has 9 heteroatoms. The van der Waals surface area contributed by atoms with Gasteiger partial charge in [-0.1, -0.05) is 12.1 Å². The number of aromatic nitrogens is 1. The third-order valence-corrected chi connectivity index (χ3v) is 4.76. The molecule has 1 fully saturated rings. The summed E-state index contributed by atoms with van der Waals surface area (Å²) in [5.74, 6) is 0.442. The van der Waals surface area contributed by atoms with Crippen LogP contribution in [0.4, 0.5) is 4.79 Å². The first-order valence-corrected chi connectivity index (χ1v) is 9.51. The van der Waals surface area contributed by atoms with E-state index in [1.165, 1.54) is 0 Å². The normalized spacial score (nSPS) is 15.7. The molecule has 158 valence electrons. The van der Waals surface area contributed by atoms with E-state index >= 15 is 0 Å². The van der Waals surface area contributed by atoms with Crippen molar-refractivity contribution in [1.82, 2.24) is 20.5 Å². The van der Waals surface area contributed by atoms with Crippen LogP contribution < -0.4 is 20.1 Å². The Morgan fingerprint density at radius 3 is 2.67 bits per heavy atom. The summed E-state index contributed by atoms with van der Waals surface area (Å²) < 4.78 is 10.5. The van der Waals surface area contributed by atoms with Crippen molar-refractivity contribution < 1.29 is 23.9 Å². The highest BCUT2D eigenvalue weighted by Crippen LogP contribution is 2.27. The average molecular weight is 412 g/mol. The third-order valence-electron chi connectivity index (χ3n) is 4.76. The number of amides is 4. The van der Waals surface area contributed by atoms with Crippen molar-refractivity contribution in [3.63, 3.8) is 0 Å². The van der Waals surface area contributed by atoms with E-state index in [0.29, 0.717) is 23.6 Å². The van der Waals surface area contributed by atoms with E-state index in [-0.39, 0.29) is 25.4 Å². The predicted molar refractivity (Wildman–Crippen MR) is 108 cm³/mol. The van der Waals surface area contributed by atoms with Gasteiger partial charge in [0.2, 0.25) is 5.91 Å². The molecular weight excluding hydrogens is 388 g/mol. The molecule has 0 bridgehead atoms. The van der Waals surface area contributed by atoms with E-state index in [4.69, 9.17) is 9.47 Å². The lowest BCUT2D eigenvalue weighted by Gasteiger charge is -2.14. The number of carbonyl (C=O) groups is 3. The van der Waals surface area contributed by atoms with Crippen LogP contribution in [-0.4, -0.2) is 54.5 Å². The topological polar surface area (TPSA) is 110 Å². The number of hydrogen-bond acceptors (Lipinski definition) is 6. The van der Waals surface area contributed by atoms with Gasteiger partial charge in [0.05, 0.1) is 32.9 Å². The number of nitrogens with one attached hydrogen (secondary N) is 2. The summed E-state index contributed by atoms with van der Waals surface area (Å²) in [6.45, 7) is 0.462. The molecule has 1 saturated heterocycles. The SMILES string of the molecule is COc1ccc(CCN2C(=O)N[C@H](CC(=O)NCc3ccccn3)C2=O)cc1OC. The van der Waals surface area contributed by atoms with Crippen molar-refractivity contribution in [2.75, 3.05) is 20.8 Å². The average Bonchev–Trinajstić information content (AvgIpc) is 3.03. The zero-order valence-electron chi connectivity index (χ0n) is 16.9. The van der Waals surface area contributed by atoms with E-state index in [1.54, 1.807) is 44.7 Å². The number of urea groups is 1. The van der Waals surface area contributed by atoms with Gasteiger partial charge in [-0.05, 0) is 36.2 Å². The fourth-order valence-electron chi connectivity index (χ4n) is 3.15. The molecule has 0 radical (unpaired) electrons. The van der Waals surface area contributed by atoms with Crippen molar-refractivity contribution >= 4 is 17.8 Å². The van der Waals surface area contributed by atoms with Crippen LogP contribution in [0.15, 0.2) is 42.6 Å².